The number of nitrogens with one attached hydrogen (secondary N) is 1. The Labute approximate surface area is 132 Å². The van der Waals surface area contributed by atoms with Crippen LogP contribution in [0.25, 0.3) is 0 Å². The van der Waals surface area contributed by atoms with Crippen molar-refractivity contribution in [3.8, 4) is 11.8 Å². The minimum atomic E-state index is -1.40. The number of phenolic OH excluding ortho intramolecular Hbond substituents is 1. The predicted octanol–water partition coefficient (Wildman–Crippen LogP) is 0.355. The first kappa shape index (κ1) is 16.0. The highest BCUT2D eigenvalue weighted by molar-refractivity contribution is 5.96. The van der Waals surface area contributed by atoms with Crippen LogP contribution in [0.5, 0.6) is 5.75 Å². The zero-order chi connectivity index (χ0) is 16.8. The summed E-state index contributed by atoms with van der Waals surface area (Å²) in [6.45, 7) is 0. The van der Waals surface area contributed by atoms with E-state index in [2.05, 4.69) is 5.32 Å². The molecule has 23 heavy (non-hydrogen) atoms. The lowest BCUT2D eigenvalue weighted by Gasteiger charge is -2.20. The third-order valence-electron chi connectivity index (χ3n) is 3.24. The van der Waals surface area contributed by atoms with Crippen molar-refractivity contribution < 1.29 is 19.8 Å². The molecule has 0 radical (unpaired) electrons. The van der Waals surface area contributed by atoms with Crippen molar-refractivity contribution in [2.24, 2.45) is 0 Å². The number of benzene rings is 2. The summed E-state index contributed by atoms with van der Waals surface area (Å²) in [5.74, 6) is -1.90. The van der Waals surface area contributed by atoms with E-state index in [4.69, 9.17) is 5.26 Å². The molecule has 1 atom stereocenters. The van der Waals surface area contributed by atoms with E-state index in [1.807, 2.05) is 6.07 Å². The van der Waals surface area contributed by atoms with Crippen molar-refractivity contribution in [2.75, 3.05) is 0 Å². The van der Waals surface area contributed by atoms with E-state index in [-0.39, 0.29) is 17.7 Å². The molecule has 0 fully saturated rings. The summed E-state index contributed by atoms with van der Waals surface area (Å²) in [6.07, 6.45) is 0.0324. The molecule has 0 unspecified atom stereocenters. The predicted molar refractivity (Wildman–Crippen MR) is 79.2 cm³/mol. The molecule has 6 heteroatoms. The molecular formula is C17H13N2O4-. The summed E-state index contributed by atoms with van der Waals surface area (Å²) in [5.41, 5.74) is 1.29. The number of nitriles is 1. The minimum Gasteiger partial charge on any atom is -0.548 e. The second kappa shape index (κ2) is 7.09. The standard InChI is InChI=1S/C17H14N2O4/c18-10-12-1-5-13(6-2-12)16(21)19-15(17(22)23)9-11-3-7-14(20)8-4-11/h1-8,15,20H,9H2,(H,19,21)(H,22,23)/p-1/t15-/m1/s1. The number of hydrogen-bond acceptors (Lipinski definition) is 5. The summed E-state index contributed by atoms with van der Waals surface area (Å²) in [5, 5.41) is 31.5. The highest BCUT2D eigenvalue weighted by atomic mass is 16.4. The Morgan fingerprint density at radius 2 is 1.74 bits per heavy atom. The van der Waals surface area contributed by atoms with E-state index in [1.165, 1.54) is 36.4 Å². The third kappa shape index (κ3) is 4.32. The minimum absolute atomic E-state index is 0.0324. The molecule has 2 aromatic rings. The van der Waals surface area contributed by atoms with Gasteiger partial charge in [0, 0.05) is 5.56 Å². The SMILES string of the molecule is N#Cc1ccc(C(=O)N[C@H](Cc2ccc(O)cc2)C(=O)[O-])cc1. The normalized spacial score (nSPS) is 11.3. The average molecular weight is 309 g/mol. The Hall–Kier alpha value is -3.33. The van der Waals surface area contributed by atoms with Crippen molar-refractivity contribution in [3.63, 3.8) is 0 Å². The summed E-state index contributed by atoms with van der Waals surface area (Å²) in [4.78, 5) is 23.3. The van der Waals surface area contributed by atoms with Gasteiger partial charge >= 0.3 is 0 Å². The number of carboxylic acid groups (broad SMARTS) is 1. The third-order valence-corrected chi connectivity index (χ3v) is 3.24. The molecule has 0 heterocycles. The van der Waals surface area contributed by atoms with Gasteiger partial charge in [0.15, 0.2) is 0 Å². The number of aromatic hydroxyl groups is 1. The Morgan fingerprint density at radius 1 is 1.13 bits per heavy atom. The number of carbonyl (C=O) groups is 2. The monoisotopic (exact) mass is 309 g/mol. The smallest absolute Gasteiger partial charge is 0.251 e. The van der Waals surface area contributed by atoms with Gasteiger partial charge in [-0.3, -0.25) is 4.79 Å². The summed E-state index contributed by atoms with van der Waals surface area (Å²) >= 11 is 0. The second-order valence-corrected chi connectivity index (χ2v) is 4.90. The highest BCUT2D eigenvalue weighted by Crippen LogP contribution is 2.12. The van der Waals surface area contributed by atoms with Gasteiger partial charge in [0.25, 0.3) is 5.91 Å². The molecule has 0 saturated carbocycles. The molecule has 116 valence electrons. The van der Waals surface area contributed by atoms with Gasteiger partial charge in [-0.2, -0.15) is 5.26 Å². The largest absolute Gasteiger partial charge is 0.548 e. The number of aliphatic carboxylic acids is 1. The molecule has 0 aliphatic heterocycles. The van der Waals surface area contributed by atoms with Crippen LogP contribution in [0.2, 0.25) is 0 Å². The van der Waals surface area contributed by atoms with Crippen molar-refractivity contribution in [2.45, 2.75) is 12.5 Å². The van der Waals surface area contributed by atoms with Gasteiger partial charge in [0.1, 0.15) is 5.75 Å². The lowest BCUT2D eigenvalue weighted by molar-refractivity contribution is -0.308. The molecule has 0 aliphatic rings. The fraction of sp³-hybridized carbons (Fsp3) is 0.118. The molecule has 0 aromatic heterocycles. The number of nitrogens with zero attached hydrogens (tertiary/aromatic N) is 1. The van der Waals surface area contributed by atoms with Crippen molar-refractivity contribution in [3.05, 3.63) is 65.2 Å². The molecule has 0 aliphatic carbocycles. The molecule has 2 rings (SSSR count). The Kier molecular flexibility index (Phi) is 4.95. The molecule has 2 N–H and O–H groups in total. The van der Waals surface area contributed by atoms with E-state index in [0.717, 1.165) is 0 Å². The number of amides is 1. The molecule has 0 bridgehead atoms. The second-order valence-electron chi connectivity index (χ2n) is 4.90. The first-order chi connectivity index (χ1) is 11.0. The number of phenols is 1. The Morgan fingerprint density at radius 3 is 2.26 bits per heavy atom. The van der Waals surface area contributed by atoms with Gasteiger partial charge in [-0.25, -0.2) is 0 Å². The van der Waals surface area contributed by atoms with Gasteiger partial charge in [0.2, 0.25) is 0 Å². The number of hydrogen-bond donors (Lipinski definition) is 2. The number of carboxylic acids is 1. The van der Waals surface area contributed by atoms with Crippen LogP contribution < -0.4 is 10.4 Å². The molecule has 1 amide bonds. The van der Waals surface area contributed by atoms with Gasteiger partial charge in [-0.05, 0) is 48.4 Å². The zero-order valence-corrected chi connectivity index (χ0v) is 12.0. The van der Waals surface area contributed by atoms with Crippen LogP contribution in [0.3, 0.4) is 0 Å². The van der Waals surface area contributed by atoms with Gasteiger partial charge in [0.05, 0.1) is 23.6 Å². The van der Waals surface area contributed by atoms with Crippen molar-refractivity contribution in [1.29, 1.82) is 5.26 Å². The van der Waals surface area contributed by atoms with Crippen LogP contribution in [0.4, 0.5) is 0 Å². The molecule has 6 nitrogen and oxygen atoms in total. The molecule has 0 spiro atoms. The van der Waals surface area contributed by atoms with Crippen LogP contribution in [0, 0.1) is 11.3 Å². The van der Waals surface area contributed by atoms with Crippen LogP contribution in [-0.4, -0.2) is 23.0 Å². The first-order valence-corrected chi connectivity index (χ1v) is 6.79. The molecular weight excluding hydrogens is 296 g/mol. The van der Waals surface area contributed by atoms with Crippen LogP contribution in [0.15, 0.2) is 48.5 Å². The quantitative estimate of drug-likeness (QED) is 0.827. The Balaban J connectivity index is 2.09. The summed E-state index contributed by atoms with van der Waals surface area (Å²) in [6, 6.07) is 12.6. The Bertz CT molecular complexity index is 746. The average Bonchev–Trinajstić information content (AvgIpc) is 2.56. The maximum atomic E-state index is 12.1. The topological polar surface area (TPSA) is 113 Å². The van der Waals surface area contributed by atoms with Crippen LogP contribution in [-0.2, 0) is 11.2 Å². The van der Waals surface area contributed by atoms with Crippen molar-refractivity contribution >= 4 is 11.9 Å². The van der Waals surface area contributed by atoms with E-state index in [9.17, 15) is 19.8 Å². The maximum absolute atomic E-state index is 12.1. The number of carbonyl (C=O) groups excluding carboxylic acids is 2. The maximum Gasteiger partial charge on any atom is 0.251 e. The molecule has 0 saturated heterocycles. The number of rotatable bonds is 5. The van der Waals surface area contributed by atoms with Crippen LogP contribution in [0.1, 0.15) is 21.5 Å². The molecule has 2 aromatic carbocycles. The first-order valence-electron chi connectivity index (χ1n) is 6.79. The lowest BCUT2D eigenvalue weighted by Crippen LogP contribution is -2.49. The van der Waals surface area contributed by atoms with Gasteiger partial charge in [-0.15, -0.1) is 0 Å². The van der Waals surface area contributed by atoms with Crippen molar-refractivity contribution in [1.82, 2.24) is 5.32 Å². The van der Waals surface area contributed by atoms with Gasteiger partial charge < -0.3 is 20.3 Å². The fourth-order valence-electron chi connectivity index (χ4n) is 2.00. The lowest BCUT2D eigenvalue weighted by atomic mass is 10.0. The van der Waals surface area contributed by atoms with E-state index >= 15 is 0 Å². The van der Waals surface area contributed by atoms with E-state index < -0.39 is 17.9 Å². The van der Waals surface area contributed by atoms with E-state index in [0.29, 0.717) is 11.1 Å². The van der Waals surface area contributed by atoms with E-state index in [1.54, 1.807) is 12.1 Å². The summed E-state index contributed by atoms with van der Waals surface area (Å²) in [7, 11) is 0. The summed E-state index contributed by atoms with van der Waals surface area (Å²) < 4.78 is 0. The fourth-order valence-corrected chi connectivity index (χ4v) is 2.00. The van der Waals surface area contributed by atoms with Gasteiger partial charge in [-0.1, -0.05) is 12.1 Å². The zero-order valence-electron chi connectivity index (χ0n) is 12.0. The highest BCUT2D eigenvalue weighted by Gasteiger charge is 2.15. The van der Waals surface area contributed by atoms with Crippen LogP contribution >= 0.6 is 0 Å².